The van der Waals surface area contributed by atoms with Gasteiger partial charge in [-0.05, 0) is 102 Å². The molecule has 2 aliphatic rings. The van der Waals surface area contributed by atoms with E-state index in [1.54, 1.807) is 40.9 Å². The summed E-state index contributed by atoms with van der Waals surface area (Å²) in [6.45, 7) is -0.115. The third-order valence-corrected chi connectivity index (χ3v) is 10.4. The normalized spacial score (nSPS) is 13.1. The van der Waals surface area contributed by atoms with Gasteiger partial charge in [0.1, 0.15) is 34.7 Å². The Bertz CT molecular complexity index is 2970. The van der Waals surface area contributed by atoms with Gasteiger partial charge < -0.3 is 19.9 Å². The number of aromatic nitrogens is 10. The molecule has 2 aromatic carbocycles. The number of hydrogen-bond donors (Lipinski definition) is 2. The SMILES string of the molecule is C.Cn1nc(-c2cc(C3CC3)nn2-c2ccc(Br)cn2)oc1=O.Cn1nc(-c2cc(C3CC3)nn2-c2ccc(NCc3c(F)cccc3F)cn2)oc1=O.NCc1c(F)cccc1F. The fourth-order valence-corrected chi connectivity index (χ4v) is 6.47. The molecule has 0 aliphatic heterocycles. The fourth-order valence-electron chi connectivity index (χ4n) is 6.24. The van der Waals surface area contributed by atoms with Crippen molar-refractivity contribution in [3.05, 3.63) is 157 Å². The second kappa shape index (κ2) is 19.2. The Labute approximate surface area is 370 Å². The van der Waals surface area contributed by atoms with Crippen LogP contribution in [0, 0.1) is 23.3 Å². The highest BCUT2D eigenvalue weighted by molar-refractivity contribution is 9.10. The van der Waals surface area contributed by atoms with Crippen molar-refractivity contribution in [2.75, 3.05) is 5.32 Å². The summed E-state index contributed by atoms with van der Waals surface area (Å²) in [5.41, 5.74) is 8.60. The maximum Gasteiger partial charge on any atom is 0.437 e. The summed E-state index contributed by atoms with van der Waals surface area (Å²) in [5.74, 6) is -1.03. The van der Waals surface area contributed by atoms with Crippen LogP contribution in [0.4, 0.5) is 23.2 Å². The van der Waals surface area contributed by atoms with Crippen LogP contribution in [-0.2, 0) is 27.2 Å². The van der Waals surface area contributed by atoms with E-state index in [0.29, 0.717) is 40.5 Å². The third-order valence-electron chi connectivity index (χ3n) is 9.95. The molecule has 0 unspecified atom stereocenters. The Balaban J connectivity index is 0.000000161. The highest BCUT2D eigenvalue weighted by Crippen LogP contribution is 2.42. The number of nitrogens with two attached hydrogens (primary N) is 1. The van der Waals surface area contributed by atoms with E-state index in [9.17, 15) is 27.2 Å². The smallest absolute Gasteiger partial charge is 0.386 e. The lowest BCUT2D eigenvalue weighted by atomic mass is 10.2. The number of pyridine rings is 2. The molecule has 8 aromatic rings. The highest BCUT2D eigenvalue weighted by atomic mass is 79.9. The molecule has 332 valence electrons. The Kier molecular flexibility index (Phi) is 13.5. The molecule has 64 heavy (non-hydrogen) atoms. The maximum absolute atomic E-state index is 13.8. The van der Waals surface area contributed by atoms with E-state index in [4.69, 9.17) is 14.6 Å². The number of anilines is 1. The standard InChI is InChI=1S/C21H18F2N6O2.C14H12BrN5O2.C7H7F2N.CH4/c1-28-21(30)31-20(27-28)18-9-17(12-5-6-12)26-29(18)19-8-7-13(10-25-19)24-11-14-15(22)3-2-4-16(14)23;1-19-14(21)22-13(18-19)11-6-10(8-2-3-8)17-20(11)12-5-4-9(15)7-16-12;8-6-2-1-3-7(9)5(6)4-10;/h2-4,7-10,12,24H,5-6,11H2,1H3;4-8H,2-3H2,1H3;1-3H,4,10H2;1H4. The molecule has 0 atom stereocenters. The zero-order valence-electron chi connectivity index (χ0n) is 33.6. The van der Waals surface area contributed by atoms with Crippen LogP contribution in [0.3, 0.4) is 0 Å². The summed E-state index contributed by atoms with van der Waals surface area (Å²) < 4.78 is 69.5. The van der Waals surface area contributed by atoms with Crippen LogP contribution in [0.5, 0.6) is 0 Å². The second-order valence-corrected chi connectivity index (χ2v) is 15.5. The number of rotatable bonds is 10. The van der Waals surface area contributed by atoms with Crippen LogP contribution in [0.2, 0.25) is 0 Å². The average Bonchev–Trinajstić information content (AvgIpc) is 4.15. The zero-order valence-corrected chi connectivity index (χ0v) is 35.1. The molecule has 6 heterocycles. The molecule has 2 saturated carbocycles. The Hall–Kier alpha value is -7.00. The van der Waals surface area contributed by atoms with Crippen LogP contribution in [-0.4, -0.2) is 49.1 Å². The molecule has 6 aromatic heterocycles. The van der Waals surface area contributed by atoms with Gasteiger partial charge in [0.05, 0.1) is 23.3 Å². The first-order valence-electron chi connectivity index (χ1n) is 19.5. The molecule has 0 spiro atoms. The Morgan fingerprint density at radius 3 is 1.48 bits per heavy atom. The Morgan fingerprint density at radius 1 is 0.672 bits per heavy atom. The van der Waals surface area contributed by atoms with Crippen molar-refractivity contribution in [3.8, 4) is 34.8 Å². The van der Waals surface area contributed by atoms with E-state index in [2.05, 4.69) is 51.6 Å². The lowest BCUT2D eigenvalue weighted by Gasteiger charge is -2.09. The fraction of sp³-hybridized carbons (Fsp3) is 0.256. The molecule has 3 N–H and O–H groups in total. The number of nitrogens with zero attached hydrogens (tertiary/aromatic N) is 10. The lowest BCUT2D eigenvalue weighted by Crippen LogP contribution is -2.09. The van der Waals surface area contributed by atoms with Gasteiger partial charge in [-0.25, -0.2) is 46.5 Å². The molecule has 2 aliphatic carbocycles. The van der Waals surface area contributed by atoms with Crippen molar-refractivity contribution < 1.29 is 26.4 Å². The quantitative estimate of drug-likeness (QED) is 0.127. The van der Waals surface area contributed by atoms with Gasteiger partial charge in [0, 0.05) is 60.8 Å². The van der Waals surface area contributed by atoms with Gasteiger partial charge in [0.2, 0.25) is 0 Å². The summed E-state index contributed by atoms with van der Waals surface area (Å²) in [4.78, 5) is 32.0. The highest BCUT2D eigenvalue weighted by Gasteiger charge is 2.30. The van der Waals surface area contributed by atoms with E-state index in [0.717, 1.165) is 46.2 Å². The van der Waals surface area contributed by atoms with Crippen LogP contribution in [0.15, 0.2) is 108 Å². The van der Waals surface area contributed by atoms with E-state index in [1.165, 1.54) is 48.1 Å². The molecule has 0 bridgehead atoms. The minimum absolute atomic E-state index is 0. The zero-order chi connectivity index (χ0) is 44.4. The number of aryl methyl sites for hydroxylation is 2. The summed E-state index contributed by atoms with van der Waals surface area (Å²) >= 11 is 3.37. The van der Waals surface area contributed by atoms with Gasteiger partial charge in [0.25, 0.3) is 11.8 Å². The number of nitrogens with one attached hydrogen (secondary N) is 1. The largest absolute Gasteiger partial charge is 0.437 e. The van der Waals surface area contributed by atoms with Gasteiger partial charge in [-0.2, -0.15) is 19.6 Å². The molecule has 21 heteroatoms. The van der Waals surface area contributed by atoms with Gasteiger partial charge in [0.15, 0.2) is 11.6 Å². The first kappa shape index (κ1) is 45.0. The molecular formula is C43H41BrF4N12O4. The van der Waals surface area contributed by atoms with Gasteiger partial charge in [-0.1, -0.05) is 19.6 Å². The van der Waals surface area contributed by atoms with E-state index in [-0.39, 0.29) is 43.4 Å². The summed E-state index contributed by atoms with van der Waals surface area (Å²) in [6, 6.07) is 18.4. The van der Waals surface area contributed by atoms with Crippen molar-refractivity contribution in [1.82, 2.24) is 49.1 Å². The first-order valence-corrected chi connectivity index (χ1v) is 20.3. The predicted octanol–water partition coefficient (Wildman–Crippen LogP) is 7.71. The van der Waals surface area contributed by atoms with Crippen molar-refractivity contribution in [1.29, 1.82) is 0 Å². The third kappa shape index (κ3) is 10.1. The van der Waals surface area contributed by atoms with Crippen molar-refractivity contribution in [2.24, 2.45) is 19.8 Å². The average molecular weight is 946 g/mol. The van der Waals surface area contributed by atoms with Gasteiger partial charge in [-0.3, -0.25) is 0 Å². The molecule has 2 fully saturated rings. The van der Waals surface area contributed by atoms with E-state index in [1.807, 2.05) is 24.3 Å². The summed E-state index contributed by atoms with van der Waals surface area (Å²) in [6.07, 6.45) is 7.64. The minimum Gasteiger partial charge on any atom is -0.386 e. The minimum atomic E-state index is -0.609. The molecular weight excluding hydrogens is 904 g/mol. The molecule has 0 amide bonds. The molecule has 0 radical (unpaired) electrons. The van der Waals surface area contributed by atoms with Crippen molar-refractivity contribution >= 4 is 21.6 Å². The Morgan fingerprint density at radius 2 is 1.12 bits per heavy atom. The van der Waals surface area contributed by atoms with Crippen LogP contribution < -0.4 is 22.6 Å². The van der Waals surface area contributed by atoms with E-state index >= 15 is 0 Å². The monoisotopic (exact) mass is 944 g/mol. The molecule has 0 saturated heterocycles. The van der Waals surface area contributed by atoms with Crippen LogP contribution >= 0.6 is 15.9 Å². The number of halogens is 5. The number of hydrogen-bond acceptors (Lipinski definition) is 12. The van der Waals surface area contributed by atoms with Crippen LogP contribution in [0.25, 0.3) is 34.8 Å². The topological polar surface area (TPSA) is 196 Å². The maximum atomic E-state index is 13.8. The van der Waals surface area contributed by atoms with Gasteiger partial charge in [-0.15, -0.1) is 10.2 Å². The summed E-state index contributed by atoms with van der Waals surface area (Å²) in [7, 11) is 3.06. The summed E-state index contributed by atoms with van der Waals surface area (Å²) in [5, 5.41) is 20.4. The first-order chi connectivity index (χ1) is 30.4. The molecule has 16 nitrogen and oxygen atoms in total. The lowest BCUT2D eigenvalue weighted by molar-refractivity contribution is 0.502. The van der Waals surface area contributed by atoms with Crippen molar-refractivity contribution in [3.63, 3.8) is 0 Å². The molecule has 10 rings (SSSR count). The second-order valence-electron chi connectivity index (χ2n) is 14.6. The van der Waals surface area contributed by atoms with Crippen LogP contribution in [0.1, 0.15) is 67.5 Å². The van der Waals surface area contributed by atoms with Crippen molar-refractivity contribution in [2.45, 2.75) is 58.0 Å². The van der Waals surface area contributed by atoms with Gasteiger partial charge >= 0.3 is 11.5 Å². The predicted molar refractivity (Wildman–Crippen MR) is 231 cm³/mol. The van der Waals surface area contributed by atoms with E-state index < -0.39 is 34.8 Å². The number of benzene rings is 2.